The van der Waals surface area contributed by atoms with Gasteiger partial charge in [0.15, 0.2) is 6.61 Å². The Hall–Kier alpha value is -2.97. The predicted octanol–water partition coefficient (Wildman–Crippen LogP) is 4.28. The molecule has 6 nitrogen and oxygen atoms in total. The summed E-state index contributed by atoms with van der Waals surface area (Å²) < 4.78 is 23.4. The van der Waals surface area contributed by atoms with E-state index in [1.165, 1.54) is 49.6 Å². The summed E-state index contributed by atoms with van der Waals surface area (Å²) in [7, 11) is 1.27. The summed E-state index contributed by atoms with van der Waals surface area (Å²) in [5.41, 5.74) is 0.756. The Bertz CT molecular complexity index is 1060. The van der Waals surface area contributed by atoms with E-state index in [0.717, 1.165) is 11.3 Å². The minimum absolute atomic E-state index is 0.0949. The topological polar surface area (TPSA) is 81.7 Å². The van der Waals surface area contributed by atoms with Gasteiger partial charge in [0.05, 0.1) is 17.7 Å². The molecule has 0 aliphatic carbocycles. The van der Waals surface area contributed by atoms with Gasteiger partial charge in [0, 0.05) is 15.8 Å². The molecule has 0 radical (unpaired) electrons. The third-order valence-electron chi connectivity index (χ3n) is 3.70. The zero-order valence-corrected chi connectivity index (χ0v) is 16.0. The Morgan fingerprint density at radius 1 is 1.11 bits per heavy atom. The van der Waals surface area contributed by atoms with E-state index in [4.69, 9.17) is 16.3 Å². The van der Waals surface area contributed by atoms with Crippen molar-refractivity contribution in [3.8, 4) is 0 Å². The highest BCUT2D eigenvalue weighted by molar-refractivity contribution is 7.21. The molecule has 0 bridgehead atoms. The van der Waals surface area contributed by atoms with E-state index in [1.54, 1.807) is 0 Å². The van der Waals surface area contributed by atoms with Gasteiger partial charge in [-0.3, -0.25) is 4.79 Å². The molecule has 28 heavy (non-hydrogen) atoms. The van der Waals surface area contributed by atoms with E-state index in [2.05, 4.69) is 10.1 Å². The zero-order chi connectivity index (χ0) is 20.3. The highest BCUT2D eigenvalue weighted by atomic mass is 35.5. The predicted molar refractivity (Wildman–Crippen MR) is 103 cm³/mol. The third-order valence-corrected chi connectivity index (χ3v) is 5.34. The second-order valence-electron chi connectivity index (χ2n) is 5.58. The molecule has 0 saturated heterocycles. The molecule has 9 heteroatoms. The molecule has 3 aromatic rings. The maximum atomic E-state index is 13.3. The van der Waals surface area contributed by atoms with Crippen LogP contribution in [-0.4, -0.2) is 31.6 Å². The quantitative estimate of drug-likeness (QED) is 0.622. The molecule has 3 rings (SSSR count). The fourth-order valence-corrected chi connectivity index (χ4v) is 3.80. The SMILES string of the molecule is COC(=O)c1ccc(NC(=O)COC(=O)c2sc3cc(F)ccc3c2Cl)cc1. The van der Waals surface area contributed by atoms with E-state index in [9.17, 15) is 18.8 Å². The summed E-state index contributed by atoms with van der Waals surface area (Å²) in [4.78, 5) is 35.6. The first-order chi connectivity index (χ1) is 13.4. The Kier molecular flexibility index (Phi) is 5.91. The lowest BCUT2D eigenvalue weighted by atomic mass is 10.2. The third kappa shape index (κ3) is 4.29. The lowest BCUT2D eigenvalue weighted by Crippen LogP contribution is -2.20. The maximum absolute atomic E-state index is 13.3. The summed E-state index contributed by atoms with van der Waals surface area (Å²) in [6, 6.07) is 10.0. The molecule has 0 spiro atoms. The molecule has 1 heterocycles. The van der Waals surface area contributed by atoms with Gasteiger partial charge in [-0.15, -0.1) is 11.3 Å². The molecule has 1 N–H and O–H groups in total. The van der Waals surface area contributed by atoms with E-state index in [-0.39, 0.29) is 9.90 Å². The van der Waals surface area contributed by atoms with Crippen LogP contribution in [0.4, 0.5) is 10.1 Å². The van der Waals surface area contributed by atoms with Crippen LogP contribution in [0, 0.1) is 5.82 Å². The van der Waals surface area contributed by atoms with Gasteiger partial charge in [-0.25, -0.2) is 14.0 Å². The van der Waals surface area contributed by atoms with Gasteiger partial charge in [-0.2, -0.15) is 0 Å². The monoisotopic (exact) mass is 421 g/mol. The van der Waals surface area contributed by atoms with E-state index in [1.807, 2.05) is 0 Å². The Morgan fingerprint density at radius 3 is 2.50 bits per heavy atom. The number of nitrogens with one attached hydrogen (secondary N) is 1. The standard InChI is InChI=1S/C19H13ClFNO5S/c1-26-18(24)10-2-5-12(6-3-10)22-15(23)9-27-19(25)17-16(20)13-7-4-11(21)8-14(13)28-17/h2-8H,9H2,1H3,(H,22,23). The van der Waals surface area contributed by atoms with Crippen molar-refractivity contribution in [2.45, 2.75) is 0 Å². The molecular formula is C19H13ClFNO5S. The number of hydrogen-bond acceptors (Lipinski definition) is 6. The molecule has 0 atom stereocenters. The summed E-state index contributed by atoms with van der Waals surface area (Å²) in [6.07, 6.45) is 0. The lowest BCUT2D eigenvalue weighted by molar-refractivity contribution is -0.119. The van der Waals surface area contributed by atoms with Crippen molar-refractivity contribution in [2.24, 2.45) is 0 Å². The first kappa shape index (κ1) is 19.8. The van der Waals surface area contributed by atoms with Gasteiger partial charge in [-0.05, 0) is 42.5 Å². The fraction of sp³-hybridized carbons (Fsp3) is 0.105. The largest absolute Gasteiger partial charge is 0.465 e. The number of fused-ring (bicyclic) bond motifs is 1. The Morgan fingerprint density at radius 2 is 1.82 bits per heavy atom. The zero-order valence-electron chi connectivity index (χ0n) is 14.5. The van der Waals surface area contributed by atoms with Gasteiger partial charge >= 0.3 is 11.9 Å². The molecule has 2 aromatic carbocycles. The van der Waals surface area contributed by atoms with Crippen molar-refractivity contribution in [1.82, 2.24) is 0 Å². The molecule has 1 amide bonds. The highest BCUT2D eigenvalue weighted by Gasteiger charge is 2.20. The van der Waals surface area contributed by atoms with E-state index in [0.29, 0.717) is 21.3 Å². The van der Waals surface area contributed by atoms with E-state index >= 15 is 0 Å². The van der Waals surface area contributed by atoms with E-state index < -0.39 is 30.3 Å². The van der Waals surface area contributed by atoms with Crippen LogP contribution in [0.15, 0.2) is 42.5 Å². The molecule has 0 unspecified atom stereocenters. The number of anilines is 1. The van der Waals surface area contributed by atoms with Gasteiger partial charge in [0.1, 0.15) is 10.7 Å². The van der Waals surface area contributed by atoms with Crippen LogP contribution in [0.5, 0.6) is 0 Å². The van der Waals surface area contributed by atoms with Gasteiger partial charge in [0.2, 0.25) is 0 Å². The molecule has 0 saturated carbocycles. The van der Waals surface area contributed by atoms with Crippen LogP contribution in [0.3, 0.4) is 0 Å². The number of ether oxygens (including phenoxy) is 2. The molecule has 1 aromatic heterocycles. The number of hydrogen-bond donors (Lipinski definition) is 1. The van der Waals surface area contributed by atoms with Crippen molar-refractivity contribution < 1.29 is 28.2 Å². The highest BCUT2D eigenvalue weighted by Crippen LogP contribution is 2.36. The van der Waals surface area contributed by atoms with Crippen LogP contribution < -0.4 is 5.32 Å². The van der Waals surface area contributed by atoms with Crippen LogP contribution in [0.25, 0.3) is 10.1 Å². The van der Waals surface area contributed by atoms with Crippen molar-refractivity contribution >= 4 is 56.6 Å². The first-order valence-corrected chi connectivity index (χ1v) is 9.11. The van der Waals surface area contributed by atoms with Crippen LogP contribution in [0.1, 0.15) is 20.0 Å². The average Bonchev–Trinajstić information content (AvgIpc) is 3.02. The number of benzene rings is 2. The minimum atomic E-state index is -0.775. The molecular weight excluding hydrogens is 409 g/mol. The number of methoxy groups -OCH3 is 1. The molecule has 0 fully saturated rings. The Balaban J connectivity index is 1.61. The fourth-order valence-electron chi connectivity index (χ4n) is 2.37. The second kappa shape index (κ2) is 8.37. The minimum Gasteiger partial charge on any atom is -0.465 e. The van der Waals surface area contributed by atoms with Crippen LogP contribution >= 0.6 is 22.9 Å². The second-order valence-corrected chi connectivity index (χ2v) is 7.01. The van der Waals surface area contributed by atoms with Crippen molar-refractivity contribution in [3.05, 3.63) is 63.7 Å². The van der Waals surface area contributed by atoms with Gasteiger partial charge < -0.3 is 14.8 Å². The number of rotatable bonds is 5. The summed E-state index contributed by atoms with van der Waals surface area (Å²) in [6.45, 7) is -0.531. The summed E-state index contributed by atoms with van der Waals surface area (Å²) >= 11 is 7.14. The molecule has 0 aliphatic rings. The van der Waals surface area contributed by atoms with Crippen molar-refractivity contribution in [3.63, 3.8) is 0 Å². The summed E-state index contributed by atoms with van der Waals surface area (Å²) in [5.74, 6) is -2.28. The number of esters is 2. The van der Waals surface area contributed by atoms with Crippen molar-refractivity contribution in [1.29, 1.82) is 0 Å². The van der Waals surface area contributed by atoms with Crippen molar-refractivity contribution in [2.75, 3.05) is 19.0 Å². The number of thiophene rings is 1. The van der Waals surface area contributed by atoms with Gasteiger partial charge in [-0.1, -0.05) is 11.6 Å². The normalized spacial score (nSPS) is 10.5. The number of carbonyl (C=O) groups excluding carboxylic acids is 3. The van der Waals surface area contributed by atoms with Gasteiger partial charge in [0.25, 0.3) is 5.91 Å². The Labute approximate surface area is 167 Å². The molecule has 144 valence electrons. The summed E-state index contributed by atoms with van der Waals surface area (Å²) in [5, 5.41) is 3.23. The number of amides is 1. The lowest BCUT2D eigenvalue weighted by Gasteiger charge is -2.07. The number of halogens is 2. The molecule has 0 aliphatic heterocycles. The first-order valence-electron chi connectivity index (χ1n) is 7.92. The van der Waals surface area contributed by atoms with Crippen LogP contribution in [0.2, 0.25) is 5.02 Å². The maximum Gasteiger partial charge on any atom is 0.350 e. The number of carbonyl (C=O) groups is 3. The average molecular weight is 422 g/mol. The van der Waals surface area contributed by atoms with Crippen LogP contribution in [-0.2, 0) is 14.3 Å². The smallest absolute Gasteiger partial charge is 0.350 e.